The third kappa shape index (κ3) is 3.36. The summed E-state index contributed by atoms with van der Waals surface area (Å²) in [5.74, 6) is 0.770. The summed E-state index contributed by atoms with van der Waals surface area (Å²) in [6.45, 7) is 0. The third-order valence-electron chi connectivity index (χ3n) is 2.97. The molecule has 0 aliphatic carbocycles. The van der Waals surface area contributed by atoms with E-state index in [4.69, 9.17) is 16.6 Å². The van der Waals surface area contributed by atoms with Gasteiger partial charge in [0.2, 0.25) is 0 Å². The van der Waals surface area contributed by atoms with Crippen LogP contribution in [-0.4, -0.2) is 15.2 Å². The van der Waals surface area contributed by atoms with E-state index in [1.54, 1.807) is 24.3 Å². The number of thioether (sulfide) groups is 1. The highest BCUT2D eigenvalue weighted by Crippen LogP contribution is 2.34. The smallest absolute Gasteiger partial charge is 0.270 e. The molecule has 1 saturated heterocycles. The summed E-state index contributed by atoms with van der Waals surface area (Å²) in [6.07, 6.45) is 1.60. The molecule has 1 aliphatic rings. The lowest BCUT2D eigenvalue weighted by atomic mass is 10.1. The zero-order valence-electron chi connectivity index (χ0n) is 11.2. The predicted molar refractivity (Wildman–Crippen MR) is 94.8 cm³/mol. The van der Waals surface area contributed by atoms with Crippen molar-refractivity contribution in [1.82, 2.24) is 5.32 Å². The van der Waals surface area contributed by atoms with Gasteiger partial charge in [-0.3, -0.25) is 14.9 Å². The Morgan fingerprint density at radius 3 is 2.74 bits per heavy atom. The molecule has 0 spiro atoms. The van der Waals surface area contributed by atoms with Crippen LogP contribution < -0.4 is 5.32 Å². The summed E-state index contributed by atoms with van der Waals surface area (Å²) >= 11 is 9.39. The van der Waals surface area contributed by atoms with Gasteiger partial charge in [-0.25, -0.2) is 0 Å². The van der Waals surface area contributed by atoms with E-state index in [9.17, 15) is 14.9 Å². The number of carbonyl (C=O) groups is 1. The normalized spacial score (nSPS) is 16.0. The van der Waals surface area contributed by atoms with Gasteiger partial charge in [-0.1, -0.05) is 24.0 Å². The monoisotopic (exact) mass is 410 g/mol. The van der Waals surface area contributed by atoms with Crippen LogP contribution in [0, 0.1) is 10.1 Å². The lowest BCUT2D eigenvalue weighted by Crippen LogP contribution is -2.17. The van der Waals surface area contributed by atoms with Gasteiger partial charge in [0.05, 0.1) is 9.83 Å². The number of nitrogens with zero attached hydrogens (tertiary/aromatic N) is 1. The van der Waals surface area contributed by atoms with Crippen LogP contribution in [-0.2, 0) is 4.79 Å². The van der Waals surface area contributed by atoms with E-state index in [0.717, 1.165) is 0 Å². The minimum atomic E-state index is -0.467. The average molecular weight is 411 g/mol. The second kappa shape index (κ2) is 6.26. The molecule has 0 saturated carbocycles. The molecule has 0 bridgehead atoms. The summed E-state index contributed by atoms with van der Waals surface area (Å²) < 4.78 is 6.64. The van der Waals surface area contributed by atoms with Gasteiger partial charge in [-0.2, -0.15) is 0 Å². The number of halogens is 1. The van der Waals surface area contributed by atoms with Crippen LogP contribution in [0.5, 0.6) is 0 Å². The number of thiocarbonyl (C=S) groups is 1. The number of hydrogen-bond acceptors (Lipinski definition) is 6. The fourth-order valence-electron chi connectivity index (χ4n) is 1.94. The van der Waals surface area contributed by atoms with Crippen molar-refractivity contribution >= 4 is 61.9 Å². The minimum Gasteiger partial charge on any atom is -0.457 e. The highest BCUT2D eigenvalue weighted by atomic mass is 79.9. The molecular formula is C14H7BrN2O4S2. The number of nitro benzene ring substituents is 1. The highest BCUT2D eigenvalue weighted by Gasteiger charge is 2.22. The molecule has 2 aromatic rings. The molecule has 1 aliphatic heterocycles. The first-order chi connectivity index (χ1) is 10.9. The maximum atomic E-state index is 11.6. The highest BCUT2D eigenvalue weighted by molar-refractivity contribution is 9.10. The van der Waals surface area contributed by atoms with Crippen LogP contribution in [0.25, 0.3) is 17.4 Å². The number of nitrogens with one attached hydrogen (secondary N) is 1. The maximum absolute atomic E-state index is 11.6. The fourth-order valence-corrected chi connectivity index (χ4v) is 3.53. The van der Waals surface area contributed by atoms with E-state index in [2.05, 4.69) is 21.2 Å². The van der Waals surface area contributed by atoms with E-state index >= 15 is 0 Å². The second-order valence-electron chi connectivity index (χ2n) is 4.48. The van der Waals surface area contributed by atoms with E-state index < -0.39 is 4.92 Å². The Bertz CT molecular complexity index is 875. The summed E-state index contributed by atoms with van der Waals surface area (Å²) in [4.78, 5) is 22.4. The van der Waals surface area contributed by atoms with E-state index in [-0.39, 0.29) is 11.6 Å². The Morgan fingerprint density at radius 2 is 2.13 bits per heavy atom. The number of amides is 1. The minimum absolute atomic E-state index is 0.0120. The maximum Gasteiger partial charge on any atom is 0.270 e. The molecular weight excluding hydrogens is 404 g/mol. The summed E-state index contributed by atoms with van der Waals surface area (Å²) in [6, 6.07) is 7.86. The van der Waals surface area contributed by atoms with Gasteiger partial charge < -0.3 is 9.73 Å². The Hall–Kier alpha value is -1.97. The number of hydrogen-bond donors (Lipinski definition) is 1. The third-order valence-corrected chi connectivity index (χ3v) is 4.79. The Morgan fingerprint density at radius 1 is 1.35 bits per heavy atom. The first-order valence-electron chi connectivity index (χ1n) is 6.23. The molecule has 0 atom stereocenters. The van der Waals surface area contributed by atoms with Gasteiger partial charge >= 0.3 is 0 Å². The first-order valence-corrected chi connectivity index (χ1v) is 8.25. The van der Waals surface area contributed by atoms with E-state index in [1.165, 1.54) is 23.9 Å². The predicted octanol–water partition coefficient (Wildman–Crippen LogP) is 4.11. The van der Waals surface area contributed by atoms with Crippen LogP contribution in [0.1, 0.15) is 5.76 Å². The zero-order chi connectivity index (χ0) is 16.6. The second-order valence-corrected chi connectivity index (χ2v) is 7.05. The number of furan rings is 1. The van der Waals surface area contributed by atoms with Crippen molar-refractivity contribution < 1.29 is 14.1 Å². The molecule has 9 heteroatoms. The van der Waals surface area contributed by atoms with Gasteiger partial charge in [0.1, 0.15) is 15.8 Å². The van der Waals surface area contributed by atoms with Crippen LogP contribution in [0.2, 0.25) is 0 Å². The molecule has 23 heavy (non-hydrogen) atoms. The molecule has 1 fully saturated rings. The number of nitro groups is 1. The van der Waals surface area contributed by atoms with Crippen molar-refractivity contribution in [3.63, 3.8) is 0 Å². The molecule has 1 N–H and O–H groups in total. The van der Waals surface area contributed by atoms with Crippen LogP contribution in [0.15, 0.2) is 44.1 Å². The average Bonchev–Trinajstić information content (AvgIpc) is 3.06. The summed E-state index contributed by atoms with van der Waals surface area (Å²) in [5, 5.41) is 13.3. The topological polar surface area (TPSA) is 85.4 Å². The molecule has 3 rings (SSSR count). The van der Waals surface area contributed by atoms with E-state index in [1.807, 2.05) is 0 Å². The van der Waals surface area contributed by atoms with Crippen LogP contribution in [0.4, 0.5) is 5.69 Å². The standard InChI is InChI=1S/C14H7BrN2O4S2/c15-10-5-7(17(19)20)1-3-9(10)11-4-2-8(21-11)6-12-13(18)16-14(22)23-12/h1-6H,(H,16,18,22)/b12-6+. The molecule has 116 valence electrons. The fraction of sp³-hybridized carbons (Fsp3) is 0. The molecule has 1 aromatic heterocycles. The van der Waals surface area contributed by atoms with Crippen molar-refractivity contribution in [3.05, 3.63) is 55.6 Å². The number of benzene rings is 1. The molecule has 0 radical (unpaired) electrons. The molecule has 0 unspecified atom stereocenters. The lowest BCUT2D eigenvalue weighted by Gasteiger charge is -2.00. The number of rotatable bonds is 3. The lowest BCUT2D eigenvalue weighted by molar-refractivity contribution is -0.384. The van der Waals surface area contributed by atoms with Crippen molar-refractivity contribution in [2.24, 2.45) is 0 Å². The zero-order valence-corrected chi connectivity index (χ0v) is 14.5. The number of non-ortho nitro benzene ring substituents is 1. The van der Waals surface area contributed by atoms with Gasteiger partial charge in [0.15, 0.2) is 0 Å². The van der Waals surface area contributed by atoms with Gasteiger partial charge in [-0.15, -0.1) is 0 Å². The summed E-state index contributed by atoms with van der Waals surface area (Å²) in [7, 11) is 0. The molecule has 2 heterocycles. The molecule has 1 amide bonds. The van der Waals surface area contributed by atoms with E-state index in [0.29, 0.717) is 30.8 Å². The van der Waals surface area contributed by atoms with Crippen molar-refractivity contribution in [3.8, 4) is 11.3 Å². The summed E-state index contributed by atoms with van der Waals surface area (Å²) in [5.41, 5.74) is 0.668. The number of carbonyl (C=O) groups excluding carboxylic acids is 1. The van der Waals surface area contributed by atoms with Gasteiger partial charge in [-0.05, 0) is 34.1 Å². The van der Waals surface area contributed by atoms with Crippen molar-refractivity contribution in [1.29, 1.82) is 0 Å². The van der Waals surface area contributed by atoms with Crippen molar-refractivity contribution in [2.45, 2.75) is 0 Å². The first kappa shape index (κ1) is 15.9. The Labute approximate surface area is 148 Å². The Balaban J connectivity index is 1.91. The van der Waals surface area contributed by atoms with Gasteiger partial charge in [0.25, 0.3) is 11.6 Å². The quantitative estimate of drug-likeness (QED) is 0.354. The van der Waals surface area contributed by atoms with Gasteiger partial charge in [0, 0.05) is 28.2 Å². The largest absolute Gasteiger partial charge is 0.457 e. The molecule has 6 nitrogen and oxygen atoms in total. The SMILES string of the molecule is O=C1NC(=S)S/C1=C/c1ccc(-c2ccc([N+](=O)[O-])cc2Br)o1. The van der Waals surface area contributed by atoms with Crippen LogP contribution in [0.3, 0.4) is 0 Å². The van der Waals surface area contributed by atoms with Crippen molar-refractivity contribution in [2.75, 3.05) is 0 Å². The van der Waals surface area contributed by atoms with Crippen LogP contribution >= 0.6 is 39.9 Å². The Kier molecular flexibility index (Phi) is 4.33. The molecule has 1 aromatic carbocycles.